The van der Waals surface area contributed by atoms with Crippen molar-refractivity contribution in [3.63, 3.8) is 0 Å². The van der Waals surface area contributed by atoms with E-state index in [1.807, 2.05) is 35.8 Å². The standard InChI is InChI=1S/C18H19FN4OS/c1-11-3-2-4-14-13(11)9-15(23(14)8-7-19)18-22-21-16(25-18)10-20-17(24)12-5-6-12/h2-4,9,12H,5-8,10H2,1H3,(H,20,24). The second-order valence-electron chi connectivity index (χ2n) is 6.37. The first-order chi connectivity index (χ1) is 12.2. The molecule has 0 saturated heterocycles. The predicted molar refractivity (Wildman–Crippen MR) is 96.1 cm³/mol. The van der Waals surface area contributed by atoms with Crippen molar-refractivity contribution in [3.8, 4) is 10.7 Å². The van der Waals surface area contributed by atoms with E-state index in [-0.39, 0.29) is 18.4 Å². The quantitative estimate of drug-likeness (QED) is 0.734. The van der Waals surface area contributed by atoms with E-state index in [2.05, 4.69) is 15.5 Å². The Kier molecular flexibility index (Phi) is 4.25. The number of carbonyl (C=O) groups excluding carboxylic acids is 1. The smallest absolute Gasteiger partial charge is 0.223 e. The predicted octanol–water partition coefficient (Wildman–Crippen LogP) is 3.46. The highest BCUT2D eigenvalue weighted by atomic mass is 32.1. The van der Waals surface area contributed by atoms with E-state index >= 15 is 0 Å². The lowest BCUT2D eigenvalue weighted by Crippen LogP contribution is -2.24. The van der Waals surface area contributed by atoms with Crippen LogP contribution in [-0.2, 0) is 17.9 Å². The molecule has 1 N–H and O–H groups in total. The maximum atomic E-state index is 13.1. The molecule has 0 atom stereocenters. The number of benzene rings is 1. The summed E-state index contributed by atoms with van der Waals surface area (Å²) in [6.07, 6.45) is 1.96. The molecule has 1 amide bonds. The molecule has 1 saturated carbocycles. The van der Waals surface area contributed by atoms with E-state index < -0.39 is 6.67 Å². The summed E-state index contributed by atoms with van der Waals surface area (Å²) < 4.78 is 15.0. The topological polar surface area (TPSA) is 59.8 Å². The number of aryl methyl sites for hydroxylation is 2. The van der Waals surface area contributed by atoms with Crippen LogP contribution in [0.4, 0.5) is 4.39 Å². The molecule has 4 rings (SSSR count). The molecule has 130 valence electrons. The summed E-state index contributed by atoms with van der Waals surface area (Å²) in [7, 11) is 0. The SMILES string of the molecule is Cc1cccc2c1cc(-c1nnc(CNC(=O)C3CC3)s1)n2CCF. The molecular weight excluding hydrogens is 339 g/mol. The third kappa shape index (κ3) is 3.16. The van der Waals surface area contributed by atoms with Gasteiger partial charge in [0.25, 0.3) is 0 Å². The summed E-state index contributed by atoms with van der Waals surface area (Å²) in [6.45, 7) is 2.30. The highest BCUT2D eigenvalue weighted by Crippen LogP contribution is 2.32. The van der Waals surface area contributed by atoms with Crippen LogP contribution in [0, 0.1) is 12.8 Å². The van der Waals surface area contributed by atoms with Gasteiger partial charge >= 0.3 is 0 Å². The van der Waals surface area contributed by atoms with Crippen LogP contribution in [0.2, 0.25) is 0 Å². The van der Waals surface area contributed by atoms with E-state index in [0.29, 0.717) is 6.54 Å². The zero-order chi connectivity index (χ0) is 17.4. The zero-order valence-corrected chi connectivity index (χ0v) is 14.8. The lowest BCUT2D eigenvalue weighted by atomic mass is 10.1. The molecule has 2 heterocycles. The molecular formula is C18H19FN4OS. The van der Waals surface area contributed by atoms with E-state index in [4.69, 9.17) is 0 Å². The first-order valence-electron chi connectivity index (χ1n) is 8.42. The number of carbonyl (C=O) groups is 1. The number of halogens is 1. The summed E-state index contributed by atoms with van der Waals surface area (Å²) in [5, 5.41) is 14.0. The largest absolute Gasteiger partial charge is 0.349 e. The van der Waals surface area contributed by atoms with Gasteiger partial charge in [-0.05, 0) is 37.5 Å². The van der Waals surface area contributed by atoms with E-state index in [1.165, 1.54) is 11.3 Å². The lowest BCUT2D eigenvalue weighted by Gasteiger charge is -2.06. The highest BCUT2D eigenvalue weighted by Gasteiger charge is 2.29. The summed E-state index contributed by atoms with van der Waals surface area (Å²) in [6, 6.07) is 8.08. The number of hydrogen-bond acceptors (Lipinski definition) is 4. The second kappa shape index (κ2) is 6.55. The highest BCUT2D eigenvalue weighted by molar-refractivity contribution is 7.14. The molecule has 2 aromatic heterocycles. The number of nitrogens with zero attached hydrogens (tertiary/aromatic N) is 3. The minimum atomic E-state index is -0.437. The maximum absolute atomic E-state index is 13.1. The molecule has 25 heavy (non-hydrogen) atoms. The van der Waals surface area contributed by atoms with Crippen LogP contribution in [-0.4, -0.2) is 27.3 Å². The number of aromatic nitrogens is 3. The Balaban J connectivity index is 1.63. The summed E-state index contributed by atoms with van der Waals surface area (Å²) in [5.74, 6) is 0.279. The van der Waals surface area contributed by atoms with Crippen LogP contribution in [0.1, 0.15) is 23.4 Å². The molecule has 7 heteroatoms. The Morgan fingerprint density at radius 3 is 3.00 bits per heavy atom. The Hall–Kier alpha value is -2.28. The second-order valence-corrected chi connectivity index (χ2v) is 7.43. The summed E-state index contributed by atoms with van der Waals surface area (Å²) >= 11 is 1.44. The third-order valence-corrected chi connectivity index (χ3v) is 5.47. The van der Waals surface area contributed by atoms with Gasteiger partial charge in [0.1, 0.15) is 11.7 Å². The summed E-state index contributed by atoms with van der Waals surface area (Å²) in [4.78, 5) is 11.7. The van der Waals surface area contributed by atoms with Gasteiger partial charge in [0.15, 0.2) is 5.01 Å². The van der Waals surface area contributed by atoms with Gasteiger partial charge in [0, 0.05) is 16.8 Å². The van der Waals surface area contributed by atoms with Gasteiger partial charge in [0.2, 0.25) is 5.91 Å². The van der Waals surface area contributed by atoms with E-state index in [0.717, 1.165) is 45.0 Å². The third-order valence-electron chi connectivity index (χ3n) is 4.52. The fourth-order valence-corrected chi connectivity index (χ4v) is 3.82. The lowest BCUT2D eigenvalue weighted by molar-refractivity contribution is -0.122. The van der Waals surface area contributed by atoms with Crippen molar-refractivity contribution in [2.75, 3.05) is 6.67 Å². The van der Waals surface area contributed by atoms with Crippen molar-refractivity contribution in [3.05, 3.63) is 34.8 Å². The number of amides is 1. The normalized spacial score (nSPS) is 14.2. The Morgan fingerprint density at radius 2 is 2.24 bits per heavy atom. The van der Waals surface area contributed by atoms with Crippen molar-refractivity contribution >= 4 is 28.1 Å². The number of hydrogen-bond donors (Lipinski definition) is 1. The Morgan fingerprint density at radius 1 is 1.40 bits per heavy atom. The fraction of sp³-hybridized carbons (Fsp3) is 0.389. The van der Waals surface area contributed by atoms with Crippen LogP contribution in [0.15, 0.2) is 24.3 Å². The van der Waals surface area contributed by atoms with Crippen LogP contribution >= 0.6 is 11.3 Å². The molecule has 0 spiro atoms. The number of rotatable bonds is 6. The van der Waals surface area contributed by atoms with Gasteiger partial charge in [-0.25, -0.2) is 4.39 Å². The van der Waals surface area contributed by atoms with Crippen molar-refractivity contribution in [2.24, 2.45) is 5.92 Å². The molecule has 1 aliphatic rings. The van der Waals surface area contributed by atoms with Gasteiger partial charge in [0.05, 0.1) is 18.8 Å². The number of fused-ring (bicyclic) bond motifs is 1. The molecule has 5 nitrogen and oxygen atoms in total. The van der Waals surface area contributed by atoms with Crippen LogP contribution in [0.25, 0.3) is 21.6 Å². The summed E-state index contributed by atoms with van der Waals surface area (Å²) in [5.41, 5.74) is 3.03. The van der Waals surface area contributed by atoms with E-state index in [9.17, 15) is 9.18 Å². The first kappa shape index (κ1) is 16.2. The van der Waals surface area contributed by atoms with E-state index in [1.54, 1.807) is 0 Å². The van der Waals surface area contributed by atoms with Crippen molar-refractivity contribution in [1.29, 1.82) is 0 Å². The minimum absolute atomic E-state index is 0.0962. The zero-order valence-electron chi connectivity index (χ0n) is 14.0. The molecule has 1 aliphatic carbocycles. The van der Waals surface area contributed by atoms with Crippen LogP contribution in [0.3, 0.4) is 0 Å². The number of alkyl halides is 1. The maximum Gasteiger partial charge on any atom is 0.223 e. The van der Waals surface area contributed by atoms with Gasteiger partial charge in [-0.15, -0.1) is 10.2 Å². The minimum Gasteiger partial charge on any atom is -0.349 e. The van der Waals surface area contributed by atoms with Crippen LogP contribution < -0.4 is 5.32 Å². The van der Waals surface area contributed by atoms with Gasteiger partial charge in [-0.3, -0.25) is 4.79 Å². The Labute approximate surface area is 148 Å². The fourth-order valence-electron chi connectivity index (χ4n) is 3.02. The van der Waals surface area contributed by atoms with Crippen molar-refractivity contribution in [2.45, 2.75) is 32.9 Å². The molecule has 3 aromatic rings. The average molecular weight is 358 g/mol. The first-order valence-corrected chi connectivity index (χ1v) is 9.24. The molecule has 1 aromatic carbocycles. The van der Waals surface area contributed by atoms with Crippen molar-refractivity contribution in [1.82, 2.24) is 20.1 Å². The van der Waals surface area contributed by atoms with Gasteiger partial charge in [-0.2, -0.15) is 0 Å². The van der Waals surface area contributed by atoms with Crippen molar-refractivity contribution < 1.29 is 9.18 Å². The van der Waals surface area contributed by atoms with Gasteiger partial charge in [-0.1, -0.05) is 23.5 Å². The van der Waals surface area contributed by atoms with Gasteiger partial charge < -0.3 is 9.88 Å². The molecule has 1 fully saturated rings. The average Bonchev–Trinajstić information content (AvgIpc) is 3.25. The number of nitrogens with one attached hydrogen (secondary N) is 1. The Bertz CT molecular complexity index is 928. The molecule has 0 unspecified atom stereocenters. The molecule has 0 radical (unpaired) electrons. The van der Waals surface area contributed by atoms with Crippen LogP contribution in [0.5, 0.6) is 0 Å². The monoisotopic (exact) mass is 358 g/mol. The molecule has 0 aliphatic heterocycles. The molecule has 0 bridgehead atoms.